The van der Waals surface area contributed by atoms with Gasteiger partial charge in [-0.1, -0.05) is 36.7 Å². The third-order valence-corrected chi connectivity index (χ3v) is 4.84. The summed E-state index contributed by atoms with van der Waals surface area (Å²) < 4.78 is 0. The van der Waals surface area contributed by atoms with E-state index in [1.807, 2.05) is 23.1 Å². The van der Waals surface area contributed by atoms with Gasteiger partial charge >= 0.3 is 5.69 Å². The second-order valence-electron chi connectivity index (χ2n) is 6.27. The number of aromatic nitrogens is 2. The highest BCUT2D eigenvalue weighted by Gasteiger charge is 2.28. The van der Waals surface area contributed by atoms with Crippen molar-refractivity contribution in [2.45, 2.75) is 26.3 Å². The van der Waals surface area contributed by atoms with Crippen LogP contribution in [0.25, 0.3) is 0 Å². The van der Waals surface area contributed by atoms with Gasteiger partial charge in [0.05, 0.1) is 4.92 Å². The van der Waals surface area contributed by atoms with E-state index in [1.54, 1.807) is 6.07 Å². The average Bonchev–Trinajstić information content (AvgIpc) is 2.61. The van der Waals surface area contributed by atoms with Crippen molar-refractivity contribution in [3.8, 4) is 0 Å². The largest absolute Gasteiger partial charge is 0.360 e. The number of nitrogens with zero attached hydrogens (tertiary/aromatic N) is 4. The molecule has 0 spiro atoms. The molecule has 1 aromatic carbocycles. The lowest BCUT2D eigenvalue weighted by atomic mass is 9.99. The summed E-state index contributed by atoms with van der Waals surface area (Å²) in [7, 11) is 0. The minimum absolute atomic E-state index is 0.0795. The molecule has 1 aliphatic rings. The molecule has 25 heavy (non-hydrogen) atoms. The second-order valence-corrected chi connectivity index (χ2v) is 6.67. The maximum atomic E-state index is 11.7. The van der Waals surface area contributed by atoms with Crippen LogP contribution in [0.5, 0.6) is 0 Å². The first-order chi connectivity index (χ1) is 12.1. The lowest BCUT2D eigenvalue weighted by Crippen LogP contribution is -2.34. The molecule has 1 saturated heterocycles. The molecule has 1 aliphatic heterocycles. The molecule has 2 aromatic rings. The molecule has 1 fully saturated rings. The maximum absolute atomic E-state index is 11.7. The molecule has 3 rings (SSSR count). The summed E-state index contributed by atoms with van der Waals surface area (Å²) >= 11 is 6.14. The molecule has 0 atom stereocenters. The number of nitro groups is 1. The Labute approximate surface area is 151 Å². The van der Waals surface area contributed by atoms with Crippen molar-refractivity contribution in [3.63, 3.8) is 0 Å². The zero-order valence-electron chi connectivity index (χ0n) is 14.0. The van der Waals surface area contributed by atoms with Crippen LogP contribution in [0.15, 0.2) is 30.6 Å². The zero-order chi connectivity index (χ0) is 17.8. The first-order valence-electron chi connectivity index (χ1n) is 8.28. The van der Waals surface area contributed by atoms with Gasteiger partial charge in [-0.25, -0.2) is 9.97 Å². The van der Waals surface area contributed by atoms with Crippen molar-refractivity contribution in [2.75, 3.05) is 23.3 Å². The first kappa shape index (κ1) is 17.4. The molecule has 0 radical (unpaired) electrons. The second kappa shape index (κ2) is 7.65. The number of hydrogen-bond donors (Lipinski definition) is 1. The van der Waals surface area contributed by atoms with Gasteiger partial charge in [0.1, 0.15) is 6.33 Å². The van der Waals surface area contributed by atoms with Crippen LogP contribution in [0.3, 0.4) is 0 Å². The monoisotopic (exact) mass is 361 g/mol. The van der Waals surface area contributed by atoms with E-state index < -0.39 is 4.92 Å². The Kier molecular flexibility index (Phi) is 5.33. The lowest BCUT2D eigenvalue weighted by Gasteiger charge is -2.30. The van der Waals surface area contributed by atoms with E-state index in [0.29, 0.717) is 23.3 Å². The predicted octanol–water partition coefficient (Wildman–Crippen LogP) is 3.89. The smallest absolute Gasteiger partial charge is 0.353 e. The van der Waals surface area contributed by atoms with Crippen LogP contribution in [0.1, 0.15) is 25.3 Å². The Morgan fingerprint density at radius 1 is 1.32 bits per heavy atom. The summed E-state index contributed by atoms with van der Waals surface area (Å²) in [6, 6.07) is 7.37. The van der Waals surface area contributed by atoms with Crippen LogP contribution in [-0.2, 0) is 6.54 Å². The number of hydrogen-bond acceptors (Lipinski definition) is 6. The van der Waals surface area contributed by atoms with Crippen LogP contribution < -0.4 is 10.2 Å². The number of nitrogens with one attached hydrogen (secondary N) is 1. The van der Waals surface area contributed by atoms with E-state index >= 15 is 0 Å². The average molecular weight is 362 g/mol. The van der Waals surface area contributed by atoms with Gasteiger partial charge < -0.3 is 10.2 Å². The van der Waals surface area contributed by atoms with Gasteiger partial charge in [0, 0.05) is 24.7 Å². The van der Waals surface area contributed by atoms with Crippen molar-refractivity contribution in [1.82, 2.24) is 9.97 Å². The van der Waals surface area contributed by atoms with Gasteiger partial charge in [-0.15, -0.1) is 0 Å². The van der Waals surface area contributed by atoms with Gasteiger partial charge in [-0.2, -0.15) is 0 Å². The van der Waals surface area contributed by atoms with E-state index in [2.05, 4.69) is 22.2 Å². The molecule has 0 bridgehead atoms. The fraction of sp³-hybridized carbons (Fsp3) is 0.412. The summed E-state index contributed by atoms with van der Waals surface area (Å²) in [4.78, 5) is 21.5. The van der Waals surface area contributed by atoms with Gasteiger partial charge in [-0.3, -0.25) is 10.1 Å². The molecule has 8 heteroatoms. The van der Waals surface area contributed by atoms with Crippen LogP contribution >= 0.6 is 11.6 Å². The highest BCUT2D eigenvalue weighted by atomic mass is 35.5. The first-order valence-corrected chi connectivity index (χ1v) is 8.65. The van der Waals surface area contributed by atoms with Crippen molar-refractivity contribution >= 4 is 28.9 Å². The molecular formula is C17H20ClN5O2. The maximum Gasteiger partial charge on any atom is 0.353 e. The van der Waals surface area contributed by atoms with E-state index in [0.717, 1.165) is 31.5 Å². The number of piperidine rings is 1. The van der Waals surface area contributed by atoms with Crippen LogP contribution in [0.2, 0.25) is 5.02 Å². The molecule has 0 aliphatic carbocycles. The highest BCUT2D eigenvalue weighted by molar-refractivity contribution is 6.31. The molecule has 0 amide bonds. The standard InChI is InChI=1S/C17H20ClN5O2/c1-12-6-8-22(9-7-12)17-15(23(24)25)16(20-11-21-17)19-10-13-4-2-3-5-14(13)18/h2-5,11-12H,6-10H2,1H3,(H,19,20,21). The highest BCUT2D eigenvalue weighted by Crippen LogP contribution is 2.34. The Morgan fingerprint density at radius 3 is 2.72 bits per heavy atom. The molecular weight excluding hydrogens is 342 g/mol. The molecule has 1 aromatic heterocycles. The van der Waals surface area contributed by atoms with E-state index in [4.69, 9.17) is 11.6 Å². The Hall–Kier alpha value is -2.41. The molecule has 7 nitrogen and oxygen atoms in total. The van der Waals surface area contributed by atoms with E-state index in [1.165, 1.54) is 6.33 Å². The lowest BCUT2D eigenvalue weighted by molar-refractivity contribution is -0.383. The predicted molar refractivity (Wildman–Crippen MR) is 98.1 cm³/mol. The zero-order valence-corrected chi connectivity index (χ0v) is 14.7. The van der Waals surface area contributed by atoms with Gasteiger partial charge in [-0.05, 0) is 30.4 Å². The number of anilines is 2. The summed E-state index contributed by atoms with van der Waals surface area (Å²) in [5.74, 6) is 1.23. The Morgan fingerprint density at radius 2 is 2.04 bits per heavy atom. The molecule has 2 heterocycles. The number of rotatable bonds is 5. The van der Waals surface area contributed by atoms with Crippen molar-refractivity contribution in [1.29, 1.82) is 0 Å². The van der Waals surface area contributed by atoms with Crippen molar-refractivity contribution in [3.05, 3.63) is 51.3 Å². The quantitative estimate of drug-likeness (QED) is 0.642. The summed E-state index contributed by atoms with van der Waals surface area (Å²) in [5.41, 5.74) is 0.773. The topological polar surface area (TPSA) is 84.2 Å². The van der Waals surface area contributed by atoms with Gasteiger partial charge in [0.25, 0.3) is 0 Å². The van der Waals surface area contributed by atoms with Crippen molar-refractivity contribution < 1.29 is 4.92 Å². The summed E-state index contributed by atoms with van der Waals surface area (Å²) in [6.45, 7) is 4.09. The SMILES string of the molecule is CC1CCN(c2ncnc(NCc3ccccc3Cl)c2[N+](=O)[O-])CC1. The fourth-order valence-electron chi connectivity index (χ4n) is 2.94. The van der Waals surface area contributed by atoms with Crippen LogP contribution in [-0.4, -0.2) is 28.0 Å². The fourth-order valence-corrected chi connectivity index (χ4v) is 3.14. The summed E-state index contributed by atoms with van der Waals surface area (Å²) in [5, 5.41) is 15.3. The number of benzene rings is 1. The molecule has 0 unspecified atom stereocenters. The summed E-state index contributed by atoms with van der Waals surface area (Å²) in [6.07, 6.45) is 3.38. The Bertz CT molecular complexity index is 762. The minimum atomic E-state index is -0.414. The third-order valence-electron chi connectivity index (χ3n) is 4.47. The van der Waals surface area contributed by atoms with Gasteiger partial charge in [0.15, 0.2) is 0 Å². The van der Waals surface area contributed by atoms with E-state index in [-0.39, 0.29) is 11.5 Å². The minimum Gasteiger partial charge on any atom is -0.360 e. The van der Waals surface area contributed by atoms with Gasteiger partial charge in [0.2, 0.25) is 11.6 Å². The number of halogens is 1. The molecule has 132 valence electrons. The molecule has 1 N–H and O–H groups in total. The van der Waals surface area contributed by atoms with Crippen molar-refractivity contribution in [2.24, 2.45) is 5.92 Å². The van der Waals surface area contributed by atoms with E-state index in [9.17, 15) is 10.1 Å². The van der Waals surface area contributed by atoms with Crippen LogP contribution in [0, 0.1) is 16.0 Å². The third kappa shape index (κ3) is 3.99. The van der Waals surface area contributed by atoms with Crippen LogP contribution in [0.4, 0.5) is 17.3 Å². The molecule has 0 saturated carbocycles. The Balaban J connectivity index is 1.85. The normalized spacial score (nSPS) is 15.2.